The van der Waals surface area contributed by atoms with Crippen molar-refractivity contribution in [3.63, 3.8) is 0 Å². The molecule has 0 aromatic heterocycles. The molecule has 0 radical (unpaired) electrons. The van der Waals surface area contributed by atoms with E-state index in [1.807, 2.05) is 24.3 Å². The topological polar surface area (TPSA) is 93.1 Å². The van der Waals surface area contributed by atoms with Crippen molar-refractivity contribution in [1.82, 2.24) is 0 Å². The number of thioether (sulfide) groups is 1. The maximum atomic E-state index is 13.3. The van der Waals surface area contributed by atoms with E-state index in [1.54, 1.807) is 38.5 Å². The first-order chi connectivity index (χ1) is 15.9. The number of hydrogen-bond acceptors (Lipinski definition) is 6. The summed E-state index contributed by atoms with van der Waals surface area (Å²) in [4.78, 5) is 12.4. The minimum Gasteiger partial charge on any atom is -0.493 e. The van der Waals surface area contributed by atoms with Crippen LogP contribution in [0, 0.1) is 0 Å². The quantitative estimate of drug-likeness (QED) is 0.471. The highest BCUT2D eigenvalue weighted by Crippen LogP contribution is 2.37. The van der Waals surface area contributed by atoms with Crippen LogP contribution in [-0.2, 0) is 22.2 Å². The Balaban J connectivity index is 1.64. The zero-order chi connectivity index (χ0) is 23.6. The fourth-order valence-electron chi connectivity index (χ4n) is 3.87. The van der Waals surface area contributed by atoms with Crippen molar-refractivity contribution >= 4 is 33.4 Å². The maximum absolute atomic E-state index is 13.3. The highest BCUT2D eigenvalue weighted by atomic mass is 32.2. The molecular formula is C24H23NO6S2. The van der Waals surface area contributed by atoms with Crippen molar-refractivity contribution < 1.29 is 27.8 Å². The molecule has 0 aliphatic carbocycles. The summed E-state index contributed by atoms with van der Waals surface area (Å²) < 4.78 is 38.7. The van der Waals surface area contributed by atoms with Gasteiger partial charge in [-0.15, -0.1) is 11.8 Å². The largest absolute Gasteiger partial charge is 0.493 e. The summed E-state index contributed by atoms with van der Waals surface area (Å²) in [5.74, 6) is 0.401. The van der Waals surface area contributed by atoms with Crippen LogP contribution in [0.25, 0.3) is 0 Å². The number of rotatable bonds is 8. The predicted molar refractivity (Wildman–Crippen MR) is 127 cm³/mol. The fourth-order valence-corrected chi connectivity index (χ4v) is 6.40. The van der Waals surface area contributed by atoms with Crippen molar-refractivity contribution in [1.29, 1.82) is 0 Å². The van der Waals surface area contributed by atoms with E-state index in [0.29, 0.717) is 40.8 Å². The van der Waals surface area contributed by atoms with Crippen LogP contribution in [0.15, 0.2) is 70.5 Å². The molecule has 33 heavy (non-hydrogen) atoms. The molecule has 1 aliphatic heterocycles. The van der Waals surface area contributed by atoms with Gasteiger partial charge in [-0.05, 0) is 42.3 Å². The first-order valence-corrected chi connectivity index (χ1v) is 12.6. The van der Waals surface area contributed by atoms with Crippen molar-refractivity contribution in [3.8, 4) is 11.5 Å². The number of carboxylic acid groups (broad SMARTS) is 1. The second-order valence-corrected chi connectivity index (χ2v) is 10.2. The van der Waals surface area contributed by atoms with Crippen molar-refractivity contribution in [2.75, 3.05) is 25.1 Å². The average Bonchev–Trinajstić information content (AvgIpc) is 3.27. The van der Waals surface area contributed by atoms with Crippen LogP contribution in [0.2, 0.25) is 0 Å². The number of ether oxygens (including phenoxy) is 2. The summed E-state index contributed by atoms with van der Waals surface area (Å²) in [7, 11) is -0.790. The highest BCUT2D eigenvalue weighted by Gasteiger charge is 2.31. The van der Waals surface area contributed by atoms with E-state index < -0.39 is 16.0 Å². The first kappa shape index (κ1) is 23.0. The van der Waals surface area contributed by atoms with E-state index in [2.05, 4.69) is 0 Å². The Morgan fingerprint density at radius 1 is 1.06 bits per heavy atom. The predicted octanol–water partition coefficient (Wildman–Crippen LogP) is 4.45. The molecule has 0 unspecified atom stereocenters. The van der Waals surface area contributed by atoms with Crippen LogP contribution in [0.1, 0.15) is 21.5 Å². The minimum absolute atomic E-state index is 0.0417. The van der Waals surface area contributed by atoms with Crippen LogP contribution < -0.4 is 13.8 Å². The molecule has 1 N–H and O–H groups in total. The van der Waals surface area contributed by atoms with E-state index >= 15 is 0 Å². The van der Waals surface area contributed by atoms with Crippen LogP contribution in [0.3, 0.4) is 0 Å². The number of para-hydroxylation sites is 2. The van der Waals surface area contributed by atoms with Gasteiger partial charge in [0, 0.05) is 22.8 Å². The van der Waals surface area contributed by atoms with Gasteiger partial charge in [0.2, 0.25) is 0 Å². The molecule has 3 aromatic carbocycles. The molecule has 0 saturated heterocycles. The molecule has 0 fully saturated rings. The lowest BCUT2D eigenvalue weighted by Crippen LogP contribution is -2.29. The van der Waals surface area contributed by atoms with Crippen LogP contribution in [-0.4, -0.2) is 40.3 Å². The zero-order valence-electron chi connectivity index (χ0n) is 18.1. The van der Waals surface area contributed by atoms with Gasteiger partial charge in [0.25, 0.3) is 10.0 Å². The monoisotopic (exact) mass is 485 g/mol. The van der Waals surface area contributed by atoms with E-state index in [1.165, 1.54) is 28.2 Å². The number of fused-ring (bicyclic) bond motifs is 1. The molecule has 3 aromatic rings. The van der Waals surface area contributed by atoms with Crippen molar-refractivity contribution in [2.24, 2.45) is 0 Å². The number of nitrogens with zero attached hydrogens (tertiary/aromatic N) is 1. The number of aromatic carboxylic acids is 1. The number of anilines is 1. The lowest BCUT2D eigenvalue weighted by Gasteiger charge is -2.20. The Bertz CT molecular complexity index is 1310. The third kappa shape index (κ3) is 4.38. The van der Waals surface area contributed by atoms with E-state index in [9.17, 15) is 18.3 Å². The van der Waals surface area contributed by atoms with Crippen LogP contribution >= 0.6 is 11.8 Å². The van der Waals surface area contributed by atoms with Gasteiger partial charge < -0.3 is 14.6 Å². The Labute approximate surface area is 197 Å². The normalized spacial score (nSPS) is 13.0. The Morgan fingerprint density at radius 2 is 1.85 bits per heavy atom. The number of benzene rings is 3. The number of carboxylic acids is 1. The highest BCUT2D eigenvalue weighted by molar-refractivity contribution is 7.98. The summed E-state index contributed by atoms with van der Waals surface area (Å²) in [6, 6.07) is 17.1. The molecule has 4 rings (SSSR count). The number of sulfonamides is 1. The van der Waals surface area contributed by atoms with E-state index in [4.69, 9.17) is 9.47 Å². The van der Waals surface area contributed by atoms with Crippen LogP contribution in [0.4, 0.5) is 5.69 Å². The molecule has 0 saturated carbocycles. The summed E-state index contributed by atoms with van der Waals surface area (Å²) in [6.45, 7) is 0.330. The second-order valence-electron chi connectivity index (χ2n) is 7.36. The number of hydrogen-bond donors (Lipinski definition) is 1. The SMILES string of the molecule is COc1cccc(CSc2ccc(S(=O)(=O)N3CCc4ccccc43)cc2C(=O)O)c1OC. The van der Waals surface area contributed by atoms with Crippen LogP contribution in [0.5, 0.6) is 11.5 Å². The molecule has 172 valence electrons. The van der Waals surface area contributed by atoms with E-state index in [0.717, 1.165) is 11.1 Å². The third-order valence-electron chi connectivity index (χ3n) is 5.48. The first-order valence-electron chi connectivity index (χ1n) is 10.2. The second kappa shape index (κ2) is 9.36. The third-order valence-corrected chi connectivity index (χ3v) is 8.41. The summed E-state index contributed by atoms with van der Waals surface area (Å²) in [5, 5.41) is 9.79. The molecule has 9 heteroatoms. The van der Waals surface area contributed by atoms with E-state index in [-0.39, 0.29) is 10.5 Å². The number of carbonyl (C=O) groups is 1. The van der Waals surface area contributed by atoms with Gasteiger partial charge >= 0.3 is 5.97 Å². The molecule has 1 aliphatic rings. The molecular weight excluding hydrogens is 462 g/mol. The van der Waals surface area contributed by atoms with Gasteiger partial charge in [0.1, 0.15) is 0 Å². The number of methoxy groups -OCH3 is 2. The summed E-state index contributed by atoms with van der Waals surface area (Å²) in [5.41, 5.74) is 2.37. The Morgan fingerprint density at radius 3 is 2.58 bits per heavy atom. The molecule has 0 spiro atoms. The smallest absolute Gasteiger partial charge is 0.336 e. The fraction of sp³-hybridized carbons (Fsp3) is 0.208. The zero-order valence-corrected chi connectivity index (χ0v) is 19.8. The maximum Gasteiger partial charge on any atom is 0.336 e. The molecule has 7 nitrogen and oxygen atoms in total. The lowest BCUT2D eigenvalue weighted by molar-refractivity contribution is 0.0693. The summed E-state index contributed by atoms with van der Waals surface area (Å²) >= 11 is 1.29. The minimum atomic E-state index is -3.89. The molecule has 0 atom stereocenters. The molecule has 1 heterocycles. The van der Waals surface area contributed by atoms with Gasteiger partial charge in [-0.25, -0.2) is 13.2 Å². The van der Waals surface area contributed by atoms with Crippen molar-refractivity contribution in [3.05, 3.63) is 77.4 Å². The molecule has 0 bridgehead atoms. The lowest BCUT2D eigenvalue weighted by atomic mass is 10.2. The average molecular weight is 486 g/mol. The summed E-state index contributed by atoms with van der Waals surface area (Å²) in [6.07, 6.45) is 0.623. The van der Waals surface area contributed by atoms with Gasteiger partial charge in [-0.3, -0.25) is 4.31 Å². The molecule has 0 amide bonds. The van der Waals surface area contributed by atoms with Crippen molar-refractivity contribution in [2.45, 2.75) is 22.0 Å². The Kier molecular flexibility index (Phi) is 6.53. The van der Waals surface area contributed by atoms with Gasteiger partial charge in [-0.1, -0.05) is 30.3 Å². The van der Waals surface area contributed by atoms with Gasteiger partial charge in [0.15, 0.2) is 11.5 Å². The van der Waals surface area contributed by atoms with Gasteiger partial charge in [-0.2, -0.15) is 0 Å². The standard InChI is InChI=1S/C24H23NO6S2/c1-30-21-9-5-7-17(23(21)31-2)15-32-22-11-10-18(14-19(22)24(26)27)33(28,29)25-13-12-16-6-3-4-8-20(16)25/h3-11,14H,12-13,15H2,1-2H3,(H,26,27). The Hall–Kier alpha value is -3.17. The van der Waals surface area contributed by atoms with Gasteiger partial charge in [0.05, 0.1) is 30.4 Å².